The Morgan fingerprint density at radius 2 is 1.95 bits per heavy atom. The molecule has 224 valence electrons. The molecule has 43 heavy (non-hydrogen) atoms. The number of carbonyl (C=O) groups is 2. The van der Waals surface area contributed by atoms with Gasteiger partial charge in [-0.15, -0.1) is 0 Å². The first-order valence-electron chi connectivity index (χ1n) is 14.5. The summed E-state index contributed by atoms with van der Waals surface area (Å²) in [7, 11) is 1.77. The summed E-state index contributed by atoms with van der Waals surface area (Å²) >= 11 is 0. The van der Waals surface area contributed by atoms with Gasteiger partial charge in [0.25, 0.3) is 5.91 Å². The van der Waals surface area contributed by atoms with E-state index >= 15 is 0 Å². The minimum Gasteiger partial charge on any atom is -0.475 e. The van der Waals surface area contributed by atoms with Gasteiger partial charge in [-0.05, 0) is 55.7 Å². The molecule has 5 heterocycles. The average molecular weight is 585 g/mol. The quantitative estimate of drug-likeness (QED) is 0.352. The average Bonchev–Trinajstić information content (AvgIpc) is 3.53. The van der Waals surface area contributed by atoms with Gasteiger partial charge in [-0.1, -0.05) is 12.6 Å². The number of hydrogen-bond donors (Lipinski definition) is 2. The van der Waals surface area contributed by atoms with E-state index in [4.69, 9.17) is 9.72 Å². The molecule has 0 atom stereocenters. The van der Waals surface area contributed by atoms with Crippen LogP contribution in [0.25, 0.3) is 22.3 Å². The number of hydrogen-bond acceptors (Lipinski definition) is 8. The summed E-state index contributed by atoms with van der Waals surface area (Å²) in [5.74, 6) is 0.356. The second-order valence-corrected chi connectivity index (χ2v) is 11.1. The van der Waals surface area contributed by atoms with Crippen LogP contribution in [0.1, 0.15) is 34.5 Å². The molecule has 6 rings (SSSR count). The number of carbonyl (C=O) groups excluding carboxylic acids is 2. The highest BCUT2D eigenvalue weighted by Gasteiger charge is 2.22. The van der Waals surface area contributed by atoms with Gasteiger partial charge in [-0.25, -0.2) is 9.67 Å². The number of amides is 2. The largest absolute Gasteiger partial charge is 0.475 e. The van der Waals surface area contributed by atoms with Gasteiger partial charge in [0.1, 0.15) is 6.61 Å². The van der Waals surface area contributed by atoms with Crippen LogP contribution in [0.15, 0.2) is 49.2 Å². The standard InChI is InChI=1S/C31H36N8O4/c1-4-28(41)38-11-12-39-27-16-21(19-37-9-7-23(40)8-10-37)5-6-25(27)34-31(39)35-29(42)22-15-20(2)33-26(17-22)24-18-32-36(3)30(24)43-14-13-38/h4-6,15-18,23,40H,1,7-14,19H2,2-3H3,(H,34,35,42). The number of rotatable bonds is 3. The third kappa shape index (κ3) is 6.02. The zero-order valence-electron chi connectivity index (χ0n) is 24.5. The van der Waals surface area contributed by atoms with E-state index in [0.29, 0.717) is 54.0 Å². The van der Waals surface area contributed by atoms with Gasteiger partial charge in [0.05, 0.1) is 41.1 Å². The van der Waals surface area contributed by atoms with Crippen LogP contribution < -0.4 is 10.1 Å². The van der Waals surface area contributed by atoms with Crippen molar-refractivity contribution in [1.29, 1.82) is 0 Å². The molecule has 2 bridgehead atoms. The van der Waals surface area contributed by atoms with Gasteiger partial charge in [0, 0.05) is 51.0 Å². The van der Waals surface area contributed by atoms with Gasteiger partial charge in [0.15, 0.2) is 0 Å². The molecule has 1 fully saturated rings. The summed E-state index contributed by atoms with van der Waals surface area (Å²) in [5.41, 5.74) is 5.04. The Balaban J connectivity index is 1.39. The van der Waals surface area contributed by atoms with E-state index in [9.17, 15) is 14.7 Å². The van der Waals surface area contributed by atoms with Crippen molar-refractivity contribution < 1.29 is 19.4 Å². The fraction of sp³-hybridized carbons (Fsp3) is 0.387. The second kappa shape index (κ2) is 12.0. The monoisotopic (exact) mass is 584 g/mol. The molecule has 2 aliphatic rings. The van der Waals surface area contributed by atoms with Crippen LogP contribution in [0.5, 0.6) is 5.88 Å². The van der Waals surface area contributed by atoms with Crippen LogP contribution in [-0.2, 0) is 24.9 Å². The van der Waals surface area contributed by atoms with Gasteiger partial charge in [-0.2, -0.15) is 5.10 Å². The molecule has 0 spiro atoms. The zero-order valence-corrected chi connectivity index (χ0v) is 24.5. The number of pyridine rings is 1. The molecule has 12 heteroatoms. The number of aryl methyl sites for hydroxylation is 2. The Labute approximate surface area is 249 Å². The van der Waals surface area contributed by atoms with Gasteiger partial charge in [0.2, 0.25) is 17.7 Å². The van der Waals surface area contributed by atoms with Crippen molar-refractivity contribution in [1.82, 2.24) is 34.1 Å². The number of aliphatic hydroxyl groups excluding tert-OH is 1. The predicted octanol–water partition coefficient (Wildman–Crippen LogP) is 2.76. The Hall–Kier alpha value is -4.55. The summed E-state index contributed by atoms with van der Waals surface area (Å²) < 4.78 is 9.70. The molecule has 4 aromatic rings. The summed E-state index contributed by atoms with van der Waals surface area (Å²) in [5, 5.41) is 17.3. The highest BCUT2D eigenvalue weighted by molar-refractivity contribution is 6.04. The minimum atomic E-state index is -0.323. The Kier molecular flexibility index (Phi) is 7.96. The molecular weight excluding hydrogens is 548 g/mol. The Morgan fingerprint density at radius 1 is 1.14 bits per heavy atom. The minimum absolute atomic E-state index is 0.218. The van der Waals surface area contributed by atoms with Gasteiger partial charge >= 0.3 is 0 Å². The van der Waals surface area contributed by atoms with E-state index in [-0.39, 0.29) is 24.5 Å². The maximum Gasteiger partial charge on any atom is 0.258 e. The zero-order chi connectivity index (χ0) is 30.1. The third-order valence-electron chi connectivity index (χ3n) is 8.06. The van der Waals surface area contributed by atoms with Crippen LogP contribution in [0.3, 0.4) is 0 Å². The summed E-state index contributed by atoms with van der Waals surface area (Å²) in [6.45, 7) is 9.25. The molecule has 1 aromatic carbocycles. The molecule has 0 aliphatic carbocycles. The van der Waals surface area contributed by atoms with E-state index in [0.717, 1.165) is 49.1 Å². The summed E-state index contributed by atoms with van der Waals surface area (Å²) in [6.07, 6.45) is 4.26. The molecule has 1 saturated heterocycles. The lowest BCUT2D eigenvalue weighted by Crippen LogP contribution is -2.36. The molecule has 2 N–H and O–H groups in total. The Bertz CT molecular complexity index is 1680. The molecule has 3 aromatic heterocycles. The number of ether oxygens (including phenoxy) is 1. The van der Waals surface area contributed by atoms with Crippen molar-refractivity contribution in [3.63, 3.8) is 0 Å². The van der Waals surface area contributed by atoms with E-state index in [2.05, 4.69) is 39.0 Å². The predicted molar refractivity (Wildman–Crippen MR) is 162 cm³/mol. The number of piperidine rings is 1. The smallest absolute Gasteiger partial charge is 0.258 e. The number of fused-ring (bicyclic) bond motifs is 7. The highest BCUT2D eigenvalue weighted by atomic mass is 16.5. The molecule has 2 amide bonds. The van der Waals surface area contributed by atoms with Gasteiger partial charge < -0.3 is 19.3 Å². The van der Waals surface area contributed by atoms with Crippen LogP contribution >= 0.6 is 0 Å². The number of benzene rings is 1. The number of aliphatic hydroxyl groups is 1. The topological polar surface area (TPSA) is 131 Å². The van der Waals surface area contributed by atoms with E-state index in [1.165, 1.54) is 6.08 Å². The number of nitrogens with one attached hydrogen (secondary N) is 1. The van der Waals surface area contributed by atoms with Crippen molar-refractivity contribution in [3.05, 3.63) is 66.0 Å². The van der Waals surface area contributed by atoms with Crippen molar-refractivity contribution in [3.8, 4) is 17.1 Å². The Morgan fingerprint density at radius 3 is 2.74 bits per heavy atom. The van der Waals surface area contributed by atoms with Crippen LogP contribution in [0.2, 0.25) is 0 Å². The first kappa shape index (κ1) is 28.6. The lowest BCUT2D eigenvalue weighted by Gasteiger charge is -2.29. The molecule has 0 radical (unpaired) electrons. The molecule has 0 unspecified atom stereocenters. The third-order valence-corrected chi connectivity index (χ3v) is 8.06. The normalized spacial score (nSPS) is 16.9. The first-order chi connectivity index (χ1) is 20.8. The molecule has 12 nitrogen and oxygen atoms in total. The SMILES string of the molecule is C=CC(=O)N1CCOc2c(cnn2C)-c2cc(cc(C)n2)C(=O)Nc2nc3ccc(CN4CCC(O)CC4)cc3n2CC1. The van der Waals surface area contributed by atoms with Crippen LogP contribution in [0.4, 0.5) is 5.95 Å². The highest BCUT2D eigenvalue weighted by Crippen LogP contribution is 2.30. The number of anilines is 1. The van der Waals surface area contributed by atoms with E-state index < -0.39 is 0 Å². The fourth-order valence-corrected chi connectivity index (χ4v) is 5.74. The van der Waals surface area contributed by atoms with Crippen molar-refractivity contribution in [2.45, 2.75) is 39.0 Å². The summed E-state index contributed by atoms with van der Waals surface area (Å²) in [4.78, 5) is 40.0. The molecule has 0 saturated carbocycles. The lowest BCUT2D eigenvalue weighted by atomic mass is 10.1. The van der Waals surface area contributed by atoms with Crippen molar-refractivity contribution in [2.75, 3.05) is 38.1 Å². The van der Waals surface area contributed by atoms with E-state index in [1.54, 1.807) is 35.0 Å². The van der Waals surface area contributed by atoms with Gasteiger partial charge in [-0.3, -0.25) is 24.8 Å². The number of aromatic nitrogens is 5. The van der Waals surface area contributed by atoms with E-state index in [1.807, 2.05) is 17.6 Å². The number of likely N-dealkylation sites (tertiary alicyclic amines) is 1. The number of nitrogens with zero attached hydrogens (tertiary/aromatic N) is 7. The second-order valence-electron chi connectivity index (χ2n) is 11.1. The maximum atomic E-state index is 13.7. The van der Waals surface area contributed by atoms with Crippen LogP contribution in [-0.4, -0.2) is 89.9 Å². The van der Waals surface area contributed by atoms with Crippen molar-refractivity contribution in [2.24, 2.45) is 7.05 Å². The van der Waals surface area contributed by atoms with Crippen molar-refractivity contribution >= 4 is 28.8 Å². The van der Waals surface area contributed by atoms with Crippen LogP contribution in [0, 0.1) is 6.92 Å². The maximum absolute atomic E-state index is 13.7. The lowest BCUT2D eigenvalue weighted by molar-refractivity contribution is -0.126. The number of imidazole rings is 1. The fourth-order valence-electron chi connectivity index (χ4n) is 5.74. The summed E-state index contributed by atoms with van der Waals surface area (Å²) in [6, 6.07) is 9.57. The first-order valence-corrected chi connectivity index (χ1v) is 14.5. The molecular formula is C31H36N8O4. The molecule has 2 aliphatic heterocycles.